The Balaban J connectivity index is 1.56. The summed E-state index contributed by atoms with van der Waals surface area (Å²) >= 11 is 0. The van der Waals surface area contributed by atoms with Crippen LogP contribution in [0.25, 0.3) is 11.1 Å². The molecule has 0 bridgehead atoms. The predicted octanol–water partition coefficient (Wildman–Crippen LogP) is 3.59. The Kier molecular flexibility index (Phi) is 6.08. The number of pyridine rings is 2. The molecule has 0 saturated carbocycles. The van der Waals surface area contributed by atoms with Crippen LogP contribution in [0, 0.1) is 16.7 Å². The summed E-state index contributed by atoms with van der Waals surface area (Å²) in [5.74, 6) is -0.611. The maximum atomic E-state index is 12.6. The van der Waals surface area contributed by atoms with Crippen LogP contribution in [0.1, 0.15) is 30.5 Å². The van der Waals surface area contributed by atoms with Crippen LogP contribution in [0.4, 0.5) is 17.1 Å². The van der Waals surface area contributed by atoms with Gasteiger partial charge in [0.2, 0.25) is 0 Å². The molecule has 8 heteroatoms. The number of carbonyl (C=O) groups is 1. The molecule has 0 aliphatic carbocycles. The van der Waals surface area contributed by atoms with Gasteiger partial charge in [-0.05, 0) is 55.2 Å². The minimum absolute atomic E-state index is 0.246. The summed E-state index contributed by atoms with van der Waals surface area (Å²) < 4.78 is 0. The number of hydrogen-bond donors (Lipinski definition) is 3. The first-order valence-electron chi connectivity index (χ1n) is 10.4. The van der Waals surface area contributed by atoms with E-state index in [-0.39, 0.29) is 11.4 Å². The molecule has 0 unspecified atom stereocenters. The van der Waals surface area contributed by atoms with Crippen LogP contribution < -0.4 is 16.0 Å². The Hall–Kier alpha value is -4.25. The maximum Gasteiger partial charge on any atom is 0.274 e. The molecule has 1 aromatic carbocycles. The highest BCUT2D eigenvalue weighted by Crippen LogP contribution is 2.28. The van der Waals surface area contributed by atoms with Crippen LogP contribution in [-0.4, -0.2) is 34.7 Å². The number of amides is 1. The Morgan fingerprint density at radius 2 is 1.88 bits per heavy atom. The molecule has 2 aromatic heterocycles. The maximum absolute atomic E-state index is 12.6. The topological polar surface area (TPSA) is 132 Å². The van der Waals surface area contributed by atoms with E-state index in [0.717, 1.165) is 29.9 Å². The lowest BCUT2D eigenvalue weighted by atomic mass is 9.99. The largest absolute Gasteiger partial charge is 0.398 e. The lowest BCUT2D eigenvalue weighted by Crippen LogP contribution is -2.29. The van der Waals surface area contributed by atoms with Gasteiger partial charge in [0.1, 0.15) is 17.5 Å². The second-order valence-corrected chi connectivity index (χ2v) is 7.65. The molecule has 1 aliphatic rings. The standard InChI is InChI=1S/C24H23N7O/c25-12-18-5-6-19(14-29-18)30-24(32)23(27)21-11-16(4-7-22(21)26)17-10-20(15-28-13-17)31-8-2-1-3-9-31/h4-7,10-11,13-15,27H,1-3,8-9,26H2,(H,30,32). The number of nitrogens with one attached hydrogen (secondary N) is 2. The molecular formula is C24H23N7O. The molecule has 8 nitrogen and oxygen atoms in total. The summed E-state index contributed by atoms with van der Waals surface area (Å²) in [6.45, 7) is 2.04. The van der Waals surface area contributed by atoms with Crippen LogP contribution in [0.3, 0.4) is 0 Å². The molecule has 3 aromatic rings. The Morgan fingerprint density at radius 1 is 1.06 bits per heavy atom. The highest BCUT2D eigenvalue weighted by molar-refractivity contribution is 6.48. The van der Waals surface area contributed by atoms with Gasteiger partial charge in [0.05, 0.1) is 23.8 Å². The van der Waals surface area contributed by atoms with Crippen molar-refractivity contribution in [2.45, 2.75) is 19.3 Å². The summed E-state index contributed by atoms with van der Waals surface area (Å²) in [7, 11) is 0. The van der Waals surface area contributed by atoms with Crippen molar-refractivity contribution in [2.24, 2.45) is 0 Å². The van der Waals surface area contributed by atoms with E-state index in [2.05, 4.69) is 26.3 Å². The summed E-state index contributed by atoms with van der Waals surface area (Å²) in [6, 6.07) is 12.4. The van der Waals surface area contributed by atoms with E-state index in [1.807, 2.05) is 18.3 Å². The summed E-state index contributed by atoms with van der Waals surface area (Å²) in [5, 5.41) is 19.8. The first-order chi connectivity index (χ1) is 15.5. The van der Waals surface area contributed by atoms with Crippen molar-refractivity contribution in [3.63, 3.8) is 0 Å². The molecule has 3 heterocycles. The number of anilines is 3. The molecule has 4 N–H and O–H groups in total. The molecule has 0 radical (unpaired) electrons. The number of hydrogen-bond acceptors (Lipinski definition) is 7. The fourth-order valence-electron chi connectivity index (χ4n) is 3.71. The van der Waals surface area contributed by atoms with Crippen LogP contribution in [-0.2, 0) is 4.79 Å². The van der Waals surface area contributed by atoms with E-state index in [4.69, 9.17) is 16.4 Å². The number of nitrogen functional groups attached to an aromatic ring is 1. The first kappa shape index (κ1) is 21.0. The molecule has 0 atom stereocenters. The zero-order valence-corrected chi connectivity index (χ0v) is 17.5. The number of rotatable bonds is 5. The van der Waals surface area contributed by atoms with E-state index >= 15 is 0 Å². The second kappa shape index (κ2) is 9.27. The molecule has 1 saturated heterocycles. The van der Waals surface area contributed by atoms with E-state index in [1.165, 1.54) is 31.5 Å². The van der Waals surface area contributed by atoms with Gasteiger partial charge in [0.25, 0.3) is 5.91 Å². The van der Waals surface area contributed by atoms with Crippen LogP contribution in [0.15, 0.2) is 55.0 Å². The van der Waals surface area contributed by atoms with Crippen molar-refractivity contribution in [3.05, 3.63) is 66.2 Å². The third-order valence-electron chi connectivity index (χ3n) is 5.46. The monoisotopic (exact) mass is 425 g/mol. The molecule has 1 amide bonds. The van der Waals surface area contributed by atoms with Crippen molar-refractivity contribution in [3.8, 4) is 17.2 Å². The van der Waals surface area contributed by atoms with Gasteiger partial charge in [-0.25, -0.2) is 4.98 Å². The van der Waals surface area contributed by atoms with Gasteiger partial charge in [-0.3, -0.25) is 15.2 Å². The number of benzene rings is 1. The van der Waals surface area contributed by atoms with Crippen molar-refractivity contribution in [2.75, 3.05) is 29.0 Å². The molecular weight excluding hydrogens is 402 g/mol. The number of nitriles is 1. The average Bonchev–Trinajstić information content (AvgIpc) is 2.85. The zero-order chi connectivity index (χ0) is 22.5. The number of piperidine rings is 1. The van der Waals surface area contributed by atoms with Gasteiger partial charge in [0, 0.05) is 36.1 Å². The van der Waals surface area contributed by atoms with E-state index in [1.54, 1.807) is 24.4 Å². The van der Waals surface area contributed by atoms with Crippen molar-refractivity contribution in [1.82, 2.24) is 9.97 Å². The first-order valence-corrected chi connectivity index (χ1v) is 10.4. The van der Waals surface area contributed by atoms with Gasteiger partial charge < -0.3 is 16.0 Å². The second-order valence-electron chi connectivity index (χ2n) is 7.65. The van der Waals surface area contributed by atoms with E-state index in [0.29, 0.717) is 16.9 Å². The normalized spacial score (nSPS) is 13.3. The number of nitrogens with two attached hydrogens (primary N) is 1. The summed E-state index contributed by atoms with van der Waals surface area (Å²) in [6.07, 6.45) is 8.63. The number of aromatic nitrogens is 2. The highest BCUT2D eigenvalue weighted by atomic mass is 16.1. The molecule has 0 spiro atoms. The highest BCUT2D eigenvalue weighted by Gasteiger charge is 2.17. The Labute approximate surface area is 186 Å². The predicted molar refractivity (Wildman–Crippen MR) is 125 cm³/mol. The Morgan fingerprint density at radius 3 is 2.59 bits per heavy atom. The van der Waals surface area contributed by atoms with Gasteiger partial charge in [-0.2, -0.15) is 5.26 Å². The lowest BCUT2D eigenvalue weighted by Gasteiger charge is -2.28. The van der Waals surface area contributed by atoms with Crippen molar-refractivity contribution in [1.29, 1.82) is 10.7 Å². The average molecular weight is 425 g/mol. The van der Waals surface area contributed by atoms with Crippen LogP contribution in [0.5, 0.6) is 0 Å². The van der Waals surface area contributed by atoms with Crippen LogP contribution >= 0.6 is 0 Å². The van der Waals surface area contributed by atoms with Crippen molar-refractivity contribution >= 4 is 28.7 Å². The van der Waals surface area contributed by atoms with E-state index in [9.17, 15) is 4.79 Å². The molecule has 1 aliphatic heterocycles. The lowest BCUT2D eigenvalue weighted by molar-refractivity contribution is -0.110. The Bertz CT molecular complexity index is 1190. The minimum atomic E-state index is -0.611. The summed E-state index contributed by atoms with van der Waals surface area (Å²) in [4.78, 5) is 23.3. The smallest absolute Gasteiger partial charge is 0.274 e. The van der Waals surface area contributed by atoms with Gasteiger partial charge in [0.15, 0.2) is 0 Å². The molecule has 160 valence electrons. The SMILES string of the molecule is N#Cc1ccc(NC(=O)C(=N)c2cc(-c3cncc(N4CCCCC4)c3)ccc2N)cn1. The summed E-state index contributed by atoms with van der Waals surface area (Å²) in [5.41, 5.74) is 9.96. The number of carbonyl (C=O) groups excluding carboxylic acids is 1. The quantitative estimate of drug-likeness (QED) is 0.423. The molecule has 32 heavy (non-hydrogen) atoms. The third-order valence-corrected chi connectivity index (χ3v) is 5.46. The zero-order valence-electron chi connectivity index (χ0n) is 17.5. The van der Waals surface area contributed by atoms with Gasteiger partial charge in [-0.15, -0.1) is 0 Å². The van der Waals surface area contributed by atoms with Crippen molar-refractivity contribution < 1.29 is 4.79 Å². The van der Waals surface area contributed by atoms with Gasteiger partial charge >= 0.3 is 0 Å². The third kappa shape index (κ3) is 4.57. The number of nitrogens with zero attached hydrogens (tertiary/aromatic N) is 4. The molecule has 4 rings (SSSR count). The fourth-order valence-corrected chi connectivity index (χ4v) is 3.71. The van der Waals surface area contributed by atoms with Gasteiger partial charge in [-0.1, -0.05) is 6.07 Å². The van der Waals surface area contributed by atoms with E-state index < -0.39 is 5.91 Å². The fraction of sp³-hybridized carbons (Fsp3) is 0.208. The van der Waals surface area contributed by atoms with Crippen LogP contribution in [0.2, 0.25) is 0 Å². The minimum Gasteiger partial charge on any atom is -0.398 e. The molecule has 1 fully saturated rings.